The van der Waals surface area contributed by atoms with Crippen LogP contribution in [0.25, 0.3) is 10.8 Å². The lowest BCUT2D eigenvalue weighted by molar-refractivity contribution is 0.102. The van der Waals surface area contributed by atoms with E-state index in [1.165, 1.54) is 0 Å². The van der Waals surface area contributed by atoms with Crippen molar-refractivity contribution >= 4 is 28.1 Å². The summed E-state index contributed by atoms with van der Waals surface area (Å²) in [4.78, 5) is 12.2. The van der Waals surface area contributed by atoms with E-state index in [1.54, 1.807) is 48.5 Å². The van der Waals surface area contributed by atoms with Gasteiger partial charge in [0.2, 0.25) is 0 Å². The third-order valence-corrected chi connectivity index (χ3v) is 3.32. The maximum Gasteiger partial charge on any atom is 0.255 e. The van der Waals surface area contributed by atoms with Gasteiger partial charge in [0.25, 0.3) is 5.91 Å². The van der Waals surface area contributed by atoms with E-state index < -0.39 is 0 Å². The van der Waals surface area contributed by atoms with Crippen LogP contribution in [-0.2, 0) is 0 Å². The van der Waals surface area contributed by atoms with Crippen molar-refractivity contribution in [2.75, 3.05) is 11.1 Å². The lowest BCUT2D eigenvalue weighted by atomic mass is 10.1. The Hall–Kier alpha value is -3.01. The Morgan fingerprint density at radius 2 is 1.57 bits per heavy atom. The van der Waals surface area contributed by atoms with E-state index in [2.05, 4.69) is 5.32 Å². The molecule has 0 radical (unpaired) electrons. The van der Waals surface area contributed by atoms with Crippen molar-refractivity contribution < 1.29 is 9.90 Å². The van der Waals surface area contributed by atoms with Crippen LogP contribution in [0.3, 0.4) is 0 Å². The fourth-order valence-electron chi connectivity index (χ4n) is 2.23. The Morgan fingerprint density at radius 3 is 2.33 bits per heavy atom. The van der Waals surface area contributed by atoms with E-state index in [1.807, 2.05) is 12.1 Å². The summed E-state index contributed by atoms with van der Waals surface area (Å²) in [7, 11) is 0. The molecule has 104 valence electrons. The summed E-state index contributed by atoms with van der Waals surface area (Å²) in [6.45, 7) is 0. The van der Waals surface area contributed by atoms with Gasteiger partial charge < -0.3 is 16.2 Å². The minimum atomic E-state index is -0.217. The molecule has 3 rings (SSSR count). The van der Waals surface area contributed by atoms with Crippen molar-refractivity contribution in [1.82, 2.24) is 0 Å². The van der Waals surface area contributed by atoms with Crippen molar-refractivity contribution in [3.05, 3.63) is 66.2 Å². The molecule has 0 aliphatic carbocycles. The molecule has 0 atom stereocenters. The lowest BCUT2D eigenvalue weighted by Crippen LogP contribution is -2.12. The number of hydrogen-bond donors (Lipinski definition) is 3. The Morgan fingerprint density at radius 1 is 0.905 bits per heavy atom. The Kier molecular flexibility index (Phi) is 3.20. The molecule has 0 spiro atoms. The van der Waals surface area contributed by atoms with Gasteiger partial charge in [-0.05, 0) is 36.4 Å². The first-order chi connectivity index (χ1) is 10.1. The van der Waals surface area contributed by atoms with Crippen LogP contribution >= 0.6 is 0 Å². The molecule has 0 fully saturated rings. The van der Waals surface area contributed by atoms with Crippen LogP contribution in [0.5, 0.6) is 5.75 Å². The molecular weight excluding hydrogens is 264 g/mol. The number of nitrogens with one attached hydrogen (secondary N) is 1. The van der Waals surface area contributed by atoms with E-state index >= 15 is 0 Å². The zero-order valence-electron chi connectivity index (χ0n) is 11.2. The summed E-state index contributed by atoms with van der Waals surface area (Å²) in [5, 5.41) is 14.2. The van der Waals surface area contributed by atoms with Gasteiger partial charge >= 0.3 is 0 Å². The molecule has 0 heterocycles. The summed E-state index contributed by atoms with van der Waals surface area (Å²) in [5.74, 6) is -0.0260. The highest BCUT2D eigenvalue weighted by Gasteiger charge is 2.09. The average Bonchev–Trinajstić information content (AvgIpc) is 2.49. The first-order valence-electron chi connectivity index (χ1n) is 6.53. The second-order valence-electron chi connectivity index (χ2n) is 4.75. The number of phenolic OH excluding ortho intramolecular Hbond substituents is 1. The molecule has 4 heteroatoms. The highest BCUT2D eigenvalue weighted by atomic mass is 16.3. The molecule has 0 bridgehead atoms. The molecule has 4 N–H and O–H groups in total. The van der Waals surface area contributed by atoms with E-state index in [0.29, 0.717) is 22.3 Å². The number of carbonyl (C=O) groups is 1. The average molecular weight is 278 g/mol. The first kappa shape index (κ1) is 13.0. The van der Waals surface area contributed by atoms with Gasteiger partial charge in [-0.2, -0.15) is 0 Å². The quantitative estimate of drug-likeness (QED) is 0.629. The van der Waals surface area contributed by atoms with Crippen LogP contribution in [0.4, 0.5) is 11.4 Å². The molecule has 3 aromatic carbocycles. The van der Waals surface area contributed by atoms with Gasteiger partial charge in [-0.3, -0.25) is 4.79 Å². The second kappa shape index (κ2) is 5.17. The monoisotopic (exact) mass is 278 g/mol. The number of phenols is 1. The molecule has 0 aliphatic rings. The van der Waals surface area contributed by atoms with Gasteiger partial charge in [0.15, 0.2) is 0 Å². The molecule has 0 aliphatic heterocycles. The molecule has 3 aromatic rings. The number of hydrogen-bond acceptors (Lipinski definition) is 3. The van der Waals surface area contributed by atoms with Crippen molar-refractivity contribution in [3.63, 3.8) is 0 Å². The highest BCUT2D eigenvalue weighted by molar-refractivity contribution is 6.09. The number of nitrogen functional groups attached to an aromatic ring is 1. The zero-order chi connectivity index (χ0) is 14.8. The summed E-state index contributed by atoms with van der Waals surface area (Å²) < 4.78 is 0. The molecule has 0 saturated carbocycles. The van der Waals surface area contributed by atoms with Gasteiger partial charge in [0.05, 0.1) is 0 Å². The van der Waals surface area contributed by atoms with Crippen molar-refractivity contribution in [3.8, 4) is 5.75 Å². The third-order valence-electron chi connectivity index (χ3n) is 3.32. The summed E-state index contributed by atoms with van der Waals surface area (Å²) in [5.41, 5.74) is 7.41. The normalized spacial score (nSPS) is 10.5. The SMILES string of the molecule is Nc1ccc(C(=O)Nc2cccc3c(O)cccc23)cc1. The second-order valence-corrected chi connectivity index (χ2v) is 4.75. The first-order valence-corrected chi connectivity index (χ1v) is 6.53. The van der Waals surface area contributed by atoms with Gasteiger partial charge in [-0.15, -0.1) is 0 Å². The fourth-order valence-corrected chi connectivity index (χ4v) is 2.23. The molecular formula is C17H14N2O2. The van der Waals surface area contributed by atoms with Crippen LogP contribution in [0.2, 0.25) is 0 Å². The molecule has 0 saturated heterocycles. The minimum Gasteiger partial charge on any atom is -0.507 e. The van der Waals surface area contributed by atoms with Crippen molar-refractivity contribution in [1.29, 1.82) is 0 Å². The van der Waals surface area contributed by atoms with Gasteiger partial charge in [-0.1, -0.05) is 24.3 Å². The number of rotatable bonds is 2. The molecule has 4 nitrogen and oxygen atoms in total. The largest absolute Gasteiger partial charge is 0.507 e. The van der Waals surface area contributed by atoms with Gasteiger partial charge in [0.1, 0.15) is 5.75 Å². The predicted molar refractivity (Wildman–Crippen MR) is 84.4 cm³/mol. The molecule has 0 aromatic heterocycles. The predicted octanol–water partition coefficient (Wildman–Crippen LogP) is 3.38. The number of carbonyl (C=O) groups excluding carboxylic acids is 1. The molecule has 1 amide bonds. The number of anilines is 2. The number of fused-ring (bicyclic) bond motifs is 1. The number of aromatic hydroxyl groups is 1. The van der Waals surface area contributed by atoms with Crippen molar-refractivity contribution in [2.45, 2.75) is 0 Å². The summed E-state index contributed by atoms with van der Waals surface area (Å²) in [6, 6.07) is 17.3. The van der Waals surface area contributed by atoms with Crippen LogP contribution in [0.15, 0.2) is 60.7 Å². The Balaban J connectivity index is 1.96. The molecule has 0 unspecified atom stereocenters. The molecule has 21 heavy (non-hydrogen) atoms. The zero-order valence-corrected chi connectivity index (χ0v) is 11.2. The van der Waals surface area contributed by atoms with E-state index in [0.717, 1.165) is 5.39 Å². The van der Waals surface area contributed by atoms with E-state index in [9.17, 15) is 9.90 Å². The summed E-state index contributed by atoms with van der Waals surface area (Å²) >= 11 is 0. The lowest BCUT2D eigenvalue weighted by Gasteiger charge is -2.09. The third kappa shape index (κ3) is 2.51. The van der Waals surface area contributed by atoms with Crippen molar-refractivity contribution in [2.24, 2.45) is 0 Å². The fraction of sp³-hybridized carbons (Fsp3) is 0. The maximum absolute atomic E-state index is 12.2. The van der Waals surface area contributed by atoms with Crippen LogP contribution in [0.1, 0.15) is 10.4 Å². The number of benzene rings is 3. The Labute approximate surface area is 121 Å². The van der Waals surface area contributed by atoms with Crippen LogP contribution in [-0.4, -0.2) is 11.0 Å². The smallest absolute Gasteiger partial charge is 0.255 e. The van der Waals surface area contributed by atoms with Crippen LogP contribution in [0, 0.1) is 0 Å². The van der Waals surface area contributed by atoms with Gasteiger partial charge in [-0.25, -0.2) is 0 Å². The number of nitrogens with two attached hydrogens (primary N) is 1. The minimum absolute atomic E-state index is 0.191. The Bertz CT molecular complexity index is 811. The van der Waals surface area contributed by atoms with Crippen LogP contribution < -0.4 is 11.1 Å². The standard InChI is InChI=1S/C17H14N2O2/c18-12-9-7-11(8-10-12)17(21)19-15-5-1-4-14-13(15)3-2-6-16(14)20/h1-10,20H,18H2,(H,19,21). The number of amides is 1. The highest BCUT2D eigenvalue weighted by Crippen LogP contribution is 2.30. The van der Waals surface area contributed by atoms with Gasteiger partial charge in [0, 0.05) is 27.7 Å². The van der Waals surface area contributed by atoms with E-state index in [-0.39, 0.29) is 11.7 Å². The topological polar surface area (TPSA) is 75.4 Å². The van der Waals surface area contributed by atoms with E-state index in [4.69, 9.17) is 5.73 Å². The summed E-state index contributed by atoms with van der Waals surface area (Å²) in [6.07, 6.45) is 0. The maximum atomic E-state index is 12.2.